The second-order valence-electron chi connectivity index (χ2n) is 11.3. The van der Waals surface area contributed by atoms with Gasteiger partial charge in [-0.25, -0.2) is 14.0 Å². The fourth-order valence-corrected chi connectivity index (χ4v) is 5.11. The van der Waals surface area contributed by atoms with Gasteiger partial charge in [0.15, 0.2) is 11.4 Å². The van der Waals surface area contributed by atoms with Crippen molar-refractivity contribution in [3.05, 3.63) is 62.8 Å². The number of aromatic nitrogens is 1. The van der Waals surface area contributed by atoms with E-state index in [-0.39, 0.29) is 41.0 Å². The van der Waals surface area contributed by atoms with Crippen LogP contribution < -0.4 is 21.7 Å². The van der Waals surface area contributed by atoms with E-state index in [9.17, 15) is 23.6 Å². The summed E-state index contributed by atoms with van der Waals surface area (Å²) in [5, 5.41) is 8.35. The zero-order valence-electron chi connectivity index (χ0n) is 23.1. The molecule has 0 saturated heterocycles. The van der Waals surface area contributed by atoms with E-state index < -0.39 is 35.2 Å². The van der Waals surface area contributed by atoms with Gasteiger partial charge in [-0.05, 0) is 76.1 Å². The summed E-state index contributed by atoms with van der Waals surface area (Å²) in [5.41, 5.74) is 0.246. The normalized spacial score (nSPS) is 18.0. The number of aromatic amines is 1. The first-order valence-electron chi connectivity index (χ1n) is 13.5. The maximum Gasteiger partial charge on any atom is 0.417 e. The number of fused-ring (bicyclic) bond motifs is 1. The average molecular weight is 634 g/mol. The molecule has 0 bridgehead atoms. The third-order valence-corrected chi connectivity index (χ3v) is 7.41. The molecule has 0 radical (unpaired) electrons. The molecule has 1 fully saturated rings. The van der Waals surface area contributed by atoms with E-state index in [1.807, 2.05) is 24.3 Å². The molecule has 1 atom stereocenters. The van der Waals surface area contributed by atoms with Gasteiger partial charge in [0.25, 0.3) is 0 Å². The van der Waals surface area contributed by atoms with Crippen LogP contribution in [0, 0.1) is 17.7 Å². The quantitative estimate of drug-likeness (QED) is 0.275. The summed E-state index contributed by atoms with van der Waals surface area (Å²) in [7, 11) is 0. The van der Waals surface area contributed by atoms with Crippen molar-refractivity contribution in [3.8, 4) is 0 Å². The van der Waals surface area contributed by atoms with Crippen LogP contribution in [0.3, 0.4) is 0 Å². The molecule has 12 heteroatoms. The minimum Gasteiger partial charge on any atom is -0.444 e. The van der Waals surface area contributed by atoms with Crippen LogP contribution in [0.5, 0.6) is 0 Å². The van der Waals surface area contributed by atoms with Crippen LogP contribution in [0.25, 0.3) is 11.1 Å². The number of carbonyl (C=O) groups is 3. The first kappa shape index (κ1) is 30.3. The maximum atomic E-state index is 14.4. The highest BCUT2D eigenvalue weighted by atomic mass is 79.9. The standard InChI is InChI=1S/C29H34BrFN4O6/c1-29(2,3)41-27(38)32-15-17-4-8-18(9-5-17)25(36)34-23(12-16-6-10-19(30)11-7-16)26(37)33-20-13-21(31)24-22(14-20)35-28(39)40-24/h6-7,10-11,13-14,17-18,23H,4-5,8-9,12,15H2,1-3H3,(H,32,38)(H,33,37)(H,34,36)(H,35,39)/t17?,18?,23-/m0/s1. The number of alkyl carbamates (subject to hydrolysis) is 1. The third kappa shape index (κ3) is 8.66. The third-order valence-electron chi connectivity index (χ3n) is 6.88. The largest absolute Gasteiger partial charge is 0.444 e. The number of amides is 3. The molecule has 0 aliphatic heterocycles. The number of rotatable bonds is 8. The van der Waals surface area contributed by atoms with Crippen LogP contribution in [0.4, 0.5) is 14.9 Å². The van der Waals surface area contributed by atoms with Gasteiger partial charge in [-0.2, -0.15) is 0 Å². The number of oxazole rings is 1. The Hall–Kier alpha value is -3.67. The predicted octanol–water partition coefficient (Wildman–Crippen LogP) is 5.02. The lowest BCUT2D eigenvalue weighted by molar-refractivity contribution is -0.130. The maximum absolute atomic E-state index is 14.4. The van der Waals surface area contributed by atoms with Gasteiger partial charge in [0.2, 0.25) is 11.8 Å². The minimum absolute atomic E-state index is 0.108. The van der Waals surface area contributed by atoms with E-state index in [0.717, 1.165) is 28.9 Å². The molecule has 1 heterocycles. The molecule has 0 spiro atoms. The van der Waals surface area contributed by atoms with Crippen molar-refractivity contribution >= 4 is 50.6 Å². The van der Waals surface area contributed by atoms with E-state index in [2.05, 4.69) is 36.9 Å². The van der Waals surface area contributed by atoms with Gasteiger partial charge in [0.05, 0.1) is 5.52 Å². The number of benzene rings is 2. The summed E-state index contributed by atoms with van der Waals surface area (Å²) in [4.78, 5) is 52.4. The molecular formula is C29H34BrFN4O6. The molecule has 0 unspecified atom stereocenters. The highest BCUT2D eigenvalue weighted by Gasteiger charge is 2.30. The first-order chi connectivity index (χ1) is 19.4. The molecule has 1 aromatic heterocycles. The van der Waals surface area contributed by atoms with Gasteiger partial charge >= 0.3 is 11.8 Å². The number of anilines is 1. The zero-order valence-corrected chi connectivity index (χ0v) is 24.7. The Bertz CT molecular complexity index is 1450. The van der Waals surface area contributed by atoms with Crippen molar-refractivity contribution in [1.82, 2.24) is 15.6 Å². The molecule has 3 amide bonds. The summed E-state index contributed by atoms with van der Waals surface area (Å²) >= 11 is 3.39. The van der Waals surface area contributed by atoms with E-state index in [1.165, 1.54) is 6.07 Å². The Kier molecular flexibility index (Phi) is 9.52. The van der Waals surface area contributed by atoms with Gasteiger partial charge in [0, 0.05) is 35.1 Å². The Morgan fingerprint density at radius 2 is 1.80 bits per heavy atom. The summed E-state index contributed by atoms with van der Waals surface area (Å²) < 4.78 is 25.4. The van der Waals surface area contributed by atoms with Gasteiger partial charge in [-0.1, -0.05) is 28.1 Å². The Balaban J connectivity index is 1.39. The molecule has 4 N–H and O–H groups in total. The van der Waals surface area contributed by atoms with Gasteiger partial charge in [0.1, 0.15) is 11.6 Å². The topological polar surface area (TPSA) is 143 Å². The molecule has 2 aromatic carbocycles. The zero-order chi connectivity index (χ0) is 29.7. The molecule has 4 rings (SSSR count). The lowest BCUT2D eigenvalue weighted by atomic mass is 9.81. The summed E-state index contributed by atoms with van der Waals surface area (Å²) in [5.74, 6) is -2.42. The smallest absolute Gasteiger partial charge is 0.417 e. The van der Waals surface area contributed by atoms with E-state index in [0.29, 0.717) is 19.4 Å². The Labute approximate surface area is 244 Å². The fourth-order valence-electron chi connectivity index (χ4n) is 4.85. The van der Waals surface area contributed by atoms with Crippen molar-refractivity contribution in [2.45, 2.75) is 64.5 Å². The summed E-state index contributed by atoms with van der Waals surface area (Å²) in [6.07, 6.45) is 2.49. The van der Waals surface area contributed by atoms with Crippen LogP contribution in [0.1, 0.15) is 52.0 Å². The van der Waals surface area contributed by atoms with Gasteiger partial charge in [-0.3, -0.25) is 14.6 Å². The van der Waals surface area contributed by atoms with Crippen molar-refractivity contribution in [1.29, 1.82) is 0 Å². The lowest BCUT2D eigenvalue weighted by Crippen LogP contribution is -2.48. The second kappa shape index (κ2) is 12.9. The van der Waals surface area contributed by atoms with Crippen molar-refractivity contribution < 1.29 is 27.9 Å². The highest BCUT2D eigenvalue weighted by Crippen LogP contribution is 2.29. The van der Waals surface area contributed by atoms with E-state index in [4.69, 9.17) is 9.15 Å². The highest BCUT2D eigenvalue weighted by molar-refractivity contribution is 9.10. The summed E-state index contributed by atoms with van der Waals surface area (Å²) in [6.45, 7) is 5.89. The number of nitrogens with one attached hydrogen (secondary N) is 4. The predicted molar refractivity (Wildman–Crippen MR) is 155 cm³/mol. The molecule has 41 heavy (non-hydrogen) atoms. The van der Waals surface area contributed by atoms with Crippen LogP contribution in [-0.2, 0) is 20.7 Å². The van der Waals surface area contributed by atoms with Crippen LogP contribution in [0.2, 0.25) is 0 Å². The summed E-state index contributed by atoms with van der Waals surface area (Å²) in [6, 6.07) is 8.91. The number of hydrogen-bond donors (Lipinski definition) is 4. The van der Waals surface area contributed by atoms with Crippen molar-refractivity contribution in [2.75, 3.05) is 11.9 Å². The van der Waals surface area contributed by atoms with Crippen LogP contribution in [0.15, 0.2) is 50.1 Å². The number of halogens is 2. The molecule has 1 aliphatic rings. The van der Waals surface area contributed by atoms with Crippen LogP contribution >= 0.6 is 15.9 Å². The van der Waals surface area contributed by atoms with Crippen molar-refractivity contribution in [2.24, 2.45) is 11.8 Å². The molecule has 1 aliphatic carbocycles. The Morgan fingerprint density at radius 3 is 2.46 bits per heavy atom. The molecule has 220 valence electrons. The fraction of sp³-hybridized carbons (Fsp3) is 0.448. The Morgan fingerprint density at radius 1 is 1.12 bits per heavy atom. The molecule has 1 saturated carbocycles. The molecule has 3 aromatic rings. The minimum atomic E-state index is -0.933. The van der Waals surface area contributed by atoms with Gasteiger partial charge in [-0.15, -0.1) is 0 Å². The molecule has 10 nitrogen and oxygen atoms in total. The van der Waals surface area contributed by atoms with Crippen molar-refractivity contribution in [3.63, 3.8) is 0 Å². The van der Waals surface area contributed by atoms with E-state index >= 15 is 0 Å². The number of H-pyrrole nitrogens is 1. The number of hydrogen-bond acceptors (Lipinski definition) is 6. The number of carbonyl (C=O) groups excluding carboxylic acids is 3. The average Bonchev–Trinajstić information content (AvgIpc) is 3.28. The lowest BCUT2D eigenvalue weighted by Gasteiger charge is -2.29. The van der Waals surface area contributed by atoms with Crippen LogP contribution in [-0.4, -0.2) is 41.1 Å². The molecular weight excluding hydrogens is 599 g/mol. The van der Waals surface area contributed by atoms with Gasteiger partial charge < -0.3 is 25.1 Å². The van der Waals surface area contributed by atoms with E-state index in [1.54, 1.807) is 20.8 Å². The number of ether oxygens (including phenoxy) is 1. The first-order valence-corrected chi connectivity index (χ1v) is 14.3. The SMILES string of the molecule is CC(C)(C)OC(=O)NCC1CCC(C(=O)N[C@@H](Cc2ccc(Br)cc2)C(=O)Nc2cc(F)c3oc(=O)[nH]c3c2)CC1. The monoisotopic (exact) mass is 632 g/mol. The second-order valence-corrected chi connectivity index (χ2v) is 12.2.